The highest BCUT2D eigenvalue weighted by Gasteiger charge is 2.64. The van der Waals surface area contributed by atoms with Crippen LogP contribution in [0.2, 0.25) is 10.0 Å². The molecule has 9 heteroatoms. The van der Waals surface area contributed by atoms with Gasteiger partial charge in [0.1, 0.15) is 5.54 Å². The van der Waals surface area contributed by atoms with Crippen molar-refractivity contribution in [3.8, 4) is 0 Å². The van der Waals surface area contributed by atoms with Crippen LogP contribution in [-0.2, 0) is 4.79 Å². The van der Waals surface area contributed by atoms with Gasteiger partial charge in [-0.25, -0.2) is 9.59 Å². The Hall–Kier alpha value is -1.34. The van der Waals surface area contributed by atoms with Gasteiger partial charge in [0.15, 0.2) is 6.54 Å². The van der Waals surface area contributed by atoms with Crippen molar-refractivity contribution in [2.24, 2.45) is 5.73 Å². The SMILES string of the molecule is CC(C)(CCCl)[N+]1(C(N)=O)CC(=O)N(c2cc(Cl)cc(Cl)c2)C1=O. The average molecular weight is 394 g/mol. The number of benzene rings is 1. The molecule has 1 fully saturated rings. The summed E-state index contributed by atoms with van der Waals surface area (Å²) in [6.45, 7) is 2.99. The fourth-order valence-electron chi connectivity index (χ4n) is 2.91. The van der Waals surface area contributed by atoms with E-state index in [0.29, 0.717) is 6.42 Å². The van der Waals surface area contributed by atoms with E-state index in [1.165, 1.54) is 18.2 Å². The molecule has 0 aromatic heterocycles. The lowest BCUT2D eigenvalue weighted by Gasteiger charge is -2.39. The Bertz CT molecular complexity index is 703. The molecular weight excluding hydrogens is 377 g/mol. The van der Waals surface area contributed by atoms with Crippen molar-refractivity contribution in [2.45, 2.75) is 25.8 Å². The van der Waals surface area contributed by atoms with Crippen molar-refractivity contribution in [1.82, 2.24) is 0 Å². The summed E-state index contributed by atoms with van der Waals surface area (Å²) >= 11 is 17.7. The maximum atomic E-state index is 13.1. The number of anilines is 1. The number of carbonyl (C=O) groups is 3. The monoisotopic (exact) mass is 392 g/mol. The first kappa shape index (κ1) is 19.0. The quantitative estimate of drug-likeness (QED) is 0.480. The van der Waals surface area contributed by atoms with E-state index in [1.54, 1.807) is 13.8 Å². The van der Waals surface area contributed by atoms with E-state index in [0.717, 1.165) is 4.90 Å². The topological polar surface area (TPSA) is 80.5 Å². The maximum Gasteiger partial charge on any atom is 0.440 e. The molecule has 2 rings (SSSR count). The van der Waals surface area contributed by atoms with E-state index in [9.17, 15) is 14.4 Å². The molecular formula is C15H17Cl3N3O3+. The first-order chi connectivity index (χ1) is 11.1. The highest BCUT2D eigenvalue weighted by Crippen LogP contribution is 2.38. The summed E-state index contributed by atoms with van der Waals surface area (Å²) in [5, 5.41) is 0.532. The molecule has 1 atom stereocenters. The van der Waals surface area contributed by atoms with Gasteiger partial charge in [-0.1, -0.05) is 23.2 Å². The number of amides is 5. The molecule has 0 bridgehead atoms. The zero-order valence-corrected chi connectivity index (χ0v) is 15.5. The van der Waals surface area contributed by atoms with Crippen LogP contribution in [0.25, 0.3) is 0 Å². The number of urea groups is 2. The predicted molar refractivity (Wildman–Crippen MR) is 93.5 cm³/mol. The van der Waals surface area contributed by atoms with E-state index in [1.807, 2.05) is 0 Å². The van der Waals surface area contributed by atoms with Crippen LogP contribution in [0.1, 0.15) is 20.3 Å². The van der Waals surface area contributed by atoms with E-state index < -0.39 is 28.0 Å². The number of nitrogens with zero attached hydrogens (tertiary/aromatic N) is 2. The van der Waals surface area contributed by atoms with Gasteiger partial charge in [-0.3, -0.25) is 4.79 Å². The lowest BCUT2D eigenvalue weighted by atomic mass is 9.96. The van der Waals surface area contributed by atoms with Crippen LogP contribution >= 0.6 is 34.8 Å². The van der Waals surface area contributed by atoms with Crippen LogP contribution in [0.4, 0.5) is 15.3 Å². The molecule has 130 valence electrons. The van der Waals surface area contributed by atoms with Gasteiger partial charge in [0.25, 0.3) is 5.91 Å². The Morgan fingerprint density at radius 2 is 1.79 bits per heavy atom. The van der Waals surface area contributed by atoms with E-state index in [4.69, 9.17) is 40.5 Å². The van der Waals surface area contributed by atoms with Crippen LogP contribution in [0.3, 0.4) is 0 Å². The lowest BCUT2D eigenvalue weighted by molar-refractivity contribution is -0.807. The number of alkyl halides is 1. The summed E-state index contributed by atoms with van der Waals surface area (Å²) in [6, 6.07) is 2.70. The normalized spacial score (nSPS) is 21.5. The van der Waals surface area contributed by atoms with E-state index in [-0.39, 0.29) is 28.2 Å². The average Bonchev–Trinajstić information content (AvgIpc) is 2.70. The second-order valence-electron chi connectivity index (χ2n) is 6.20. The van der Waals surface area contributed by atoms with Crippen LogP contribution in [0.15, 0.2) is 18.2 Å². The minimum absolute atomic E-state index is 0.199. The Labute approximate surface area is 154 Å². The van der Waals surface area contributed by atoms with Crippen molar-refractivity contribution >= 4 is 58.5 Å². The fraction of sp³-hybridized carbons (Fsp3) is 0.400. The summed E-state index contributed by atoms with van der Waals surface area (Å²) < 4.78 is -0.831. The molecule has 1 unspecified atom stereocenters. The first-order valence-electron chi connectivity index (χ1n) is 7.14. The van der Waals surface area contributed by atoms with Crippen molar-refractivity contribution in [2.75, 3.05) is 17.3 Å². The number of hydrogen-bond donors (Lipinski definition) is 1. The van der Waals surface area contributed by atoms with Crippen LogP contribution in [0.5, 0.6) is 0 Å². The minimum Gasteiger partial charge on any atom is -0.318 e. The number of rotatable bonds is 4. The Kier molecular flexibility index (Phi) is 5.16. The molecule has 0 saturated carbocycles. The second-order valence-corrected chi connectivity index (χ2v) is 7.45. The minimum atomic E-state index is -0.947. The second kappa shape index (κ2) is 6.52. The Morgan fingerprint density at radius 3 is 2.25 bits per heavy atom. The van der Waals surface area contributed by atoms with Gasteiger partial charge < -0.3 is 5.73 Å². The zero-order valence-electron chi connectivity index (χ0n) is 13.2. The number of hydrogen-bond acceptors (Lipinski definition) is 3. The largest absolute Gasteiger partial charge is 0.440 e. The van der Waals surface area contributed by atoms with Gasteiger partial charge in [0.05, 0.1) is 5.69 Å². The van der Waals surface area contributed by atoms with Crippen molar-refractivity contribution in [3.05, 3.63) is 28.2 Å². The zero-order chi connectivity index (χ0) is 18.3. The smallest absolute Gasteiger partial charge is 0.318 e. The molecule has 6 nitrogen and oxygen atoms in total. The summed E-state index contributed by atoms with van der Waals surface area (Å²) in [7, 11) is 0. The third kappa shape index (κ3) is 2.88. The number of imide groups is 2. The molecule has 1 aliphatic rings. The molecule has 0 aliphatic carbocycles. The molecule has 2 N–H and O–H groups in total. The van der Waals surface area contributed by atoms with Crippen LogP contribution in [0, 0.1) is 0 Å². The molecule has 0 radical (unpaired) electrons. The third-order valence-electron chi connectivity index (χ3n) is 4.36. The summed E-state index contributed by atoms with van der Waals surface area (Å²) in [6.07, 6.45) is 0.320. The predicted octanol–water partition coefficient (Wildman–Crippen LogP) is 3.76. The fourth-order valence-corrected chi connectivity index (χ4v) is 3.88. The van der Waals surface area contributed by atoms with Gasteiger partial charge in [-0.2, -0.15) is 4.90 Å². The Morgan fingerprint density at radius 1 is 1.25 bits per heavy atom. The standard InChI is InChI=1S/C15H16Cl3N3O3/c1-15(2,3-4-16)21(13(19)23)8-12(22)20(14(21)24)11-6-9(17)5-10(18)7-11/h5-7H,3-4,8H2,1-2H3,(H-,19,23)/p+1. The number of quaternary nitrogens is 1. The van der Waals surface area contributed by atoms with Crippen LogP contribution < -0.4 is 10.6 Å². The number of nitrogens with two attached hydrogens (primary N) is 1. The van der Waals surface area contributed by atoms with Gasteiger partial charge in [0.2, 0.25) is 0 Å². The molecule has 0 spiro atoms. The van der Waals surface area contributed by atoms with Crippen molar-refractivity contribution in [3.63, 3.8) is 0 Å². The number of primary amides is 1. The van der Waals surface area contributed by atoms with Gasteiger partial charge in [-0.05, 0) is 32.0 Å². The molecule has 1 heterocycles. The maximum absolute atomic E-state index is 13.1. The van der Waals surface area contributed by atoms with Gasteiger partial charge >= 0.3 is 12.1 Å². The van der Waals surface area contributed by atoms with Gasteiger partial charge in [-0.15, -0.1) is 16.1 Å². The molecule has 5 amide bonds. The van der Waals surface area contributed by atoms with E-state index >= 15 is 0 Å². The third-order valence-corrected chi connectivity index (χ3v) is 4.99. The van der Waals surface area contributed by atoms with E-state index in [2.05, 4.69) is 0 Å². The Balaban J connectivity index is 2.58. The van der Waals surface area contributed by atoms with Crippen molar-refractivity contribution < 1.29 is 18.9 Å². The van der Waals surface area contributed by atoms with Crippen molar-refractivity contribution in [1.29, 1.82) is 0 Å². The lowest BCUT2D eigenvalue weighted by Crippen LogP contribution is -2.68. The first-order valence-corrected chi connectivity index (χ1v) is 8.43. The number of carbonyl (C=O) groups excluding carboxylic acids is 3. The summed E-state index contributed by atoms with van der Waals surface area (Å²) in [5.41, 5.74) is 4.79. The van der Waals surface area contributed by atoms with Crippen LogP contribution in [-0.4, -0.2) is 40.4 Å². The molecule has 24 heavy (non-hydrogen) atoms. The number of halogens is 3. The highest BCUT2D eigenvalue weighted by molar-refractivity contribution is 6.35. The molecule has 1 aromatic carbocycles. The van der Waals surface area contributed by atoms with Gasteiger partial charge in [0, 0.05) is 22.3 Å². The molecule has 1 aromatic rings. The highest BCUT2D eigenvalue weighted by atomic mass is 35.5. The summed E-state index contributed by atoms with van der Waals surface area (Å²) in [5.74, 6) is -0.343. The summed E-state index contributed by atoms with van der Waals surface area (Å²) in [4.78, 5) is 38.7. The molecule has 1 saturated heterocycles. The molecule has 1 aliphatic heterocycles.